The Bertz CT molecular complexity index is 142. The highest BCUT2D eigenvalue weighted by Gasteiger charge is 2.30. The van der Waals surface area contributed by atoms with Gasteiger partial charge in [0.2, 0.25) is 5.91 Å². The highest BCUT2D eigenvalue weighted by atomic mass is 16.2. The summed E-state index contributed by atoms with van der Waals surface area (Å²) >= 11 is 0. The number of carbonyl (C=O) groups excluding carboxylic acids is 1. The molecule has 2 heteroatoms. The van der Waals surface area contributed by atoms with Gasteiger partial charge in [0.1, 0.15) is 0 Å². The molecule has 1 saturated heterocycles. The lowest BCUT2D eigenvalue weighted by Crippen LogP contribution is -2.47. The average Bonchev–Trinajstić information content (AvgIpc) is 1.57. The van der Waals surface area contributed by atoms with Crippen LogP contribution in [0.3, 0.4) is 0 Å². The summed E-state index contributed by atoms with van der Waals surface area (Å²) in [7, 11) is 0. The third kappa shape index (κ3) is 1.31. The van der Waals surface area contributed by atoms with Gasteiger partial charge < -0.3 is 4.90 Å². The third-order valence-corrected chi connectivity index (χ3v) is 1.63. The normalized spacial score (nSPS) is 18.5. The zero-order valence-electron chi connectivity index (χ0n) is 6.85. The zero-order chi connectivity index (χ0) is 7.78. The summed E-state index contributed by atoms with van der Waals surface area (Å²) in [6, 6.07) is 0. The van der Waals surface area contributed by atoms with E-state index in [4.69, 9.17) is 0 Å². The van der Waals surface area contributed by atoms with Gasteiger partial charge in [-0.2, -0.15) is 0 Å². The van der Waals surface area contributed by atoms with Gasteiger partial charge in [0.15, 0.2) is 0 Å². The molecule has 1 aliphatic heterocycles. The van der Waals surface area contributed by atoms with Crippen LogP contribution in [-0.2, 0) is 4.79 Å². The van der Waals surface area contributed by atoms with Crippen molar-refractivity contribution in [2.24, 2.45) is 5.41 Å². The second kappa shape index (κ2) is 2.26. The van der Waals surface area contributed by atoms with Crippen LogP contribution in [0, 0.1) is 11.8 Å². The number of nitrogens with zero attached hydrogens (tertiary/aromatic N) is 1. The fraction of sp³-hybridized carbons (Fsp3) is 0.750. The quantitative estimate of drug-likeness (QED) is 0.493. The highest BCUT2D eigenvalue weighted by molar-refractivity contribution is 5.82. The average molecular weight is 140 g/mol. The molecule has 0 spiro atoms. The molecular weight excluding hydrogens is 126 g/mol. The molecule has 0 aromatic carbocycles. The predicted molar refractivity (Wildman–Crippen MR) is 40.3 cm³/mol. The van der Waals surface area contributed by atoms with Gasteiger partial charge in [0.05, 0.1) is 0 Å². The number of carbonyl (C=O) groups is 1. The lowest BCUT2D eigenvalue weighted by Gasteiger charge is -2.35. The minimum absolute atomic E-state index is 0.200. The predicted octanol–water partition coefficient (Wildman–Crippen LogP) is 1.08. The Labute approximate surface area is 62.2 Å². The number of likely N-dealkylation sites (tertiary alicyclic amines) is 1. The van der Waals surface area contributed by atoms with Crippen molar-refractivity contribution in [3.63, 3.8) is 0 Å². The zero-order valence-corrected chi connectivity index (χ0v) is 6.85. The van der Waals surface area contributed by atoms with Gasteiger partial charge in [-0.1, -0.05) is 20.8 Å². The maximum atomic E-state index is 11.4. The molecule has 1 fully saturated rings. The first-order valence-electron chi connectivity index (χ1n) is 3.63. The molecule has 0 saturated carbocycles. The fourth-order valence-electron chi connectivity index (χ4n) is 0.898. The van der Waals surface area contributed by atoms with E-state index in [0.29, 0.717) is 0 Å². The minimum Gasteiger partial charge on any atom is -0.342 e. The van der Waals surface area contributed by atoms with E-state index in [-0.39, 0.29) is 11.3 Å². The van der Waals surface area contributed by atoms with Crippen LogP contribution in [0.2, 0.25) is 0 Å². The first kappa shape index (κ1) is 7.58. The molecule has 0 atom stereocenters. The van der Waals surface area contributed by atoms with Crippen LogP contribution in [0.5, 0.6) is 0 Å². The van der Waals surface area contributed by atoms with Gasteiger partial charge in [-0.15, -0.1) is 0 Å². The van der Waals surface area contributed by atoms with E-state index < -0.39 is 0 Å². The molecular formula is C8H14NO. The molecule has 0 bridgehead atoms. The molecule has 1 rings (SSSR count). The Morgan fingerprint density at radius 2 is 1.90 bits per heavy atom. The summed E-state index contributed by atoms with van der Waals surface area (Å²) in [5.74, 6) is 0.259. The number of hydrogen-bond donors (Lipinski definition) is 0. The summed E-state index contributed by atoms with van der Waals surface area (Å²) in [4.78, 5) is 13.2. The van der Waals surface area contributed by atoms with E-state index in [1.807, 2.05) is 25.7 Å². The molecule has 0 N–H and O–H groups in total. The topological polar surface area (TPSA) is 20.3 Å². The molecule has 1 aliphatic rings. The summed E-state index contributed by atoms with van der Waals surface area (Å²) in [5, 5.41) is 0. The van der Waals surface area contributed by atoms with E-state index >= 15 is 0 Å². The molecule has 1 amide bonds. The van der Waals surface area contributed by atoms with Crippen molar-refractivity contribution < 1.29 is 4.79 Å². The molecule has 0 unspecified atom stereocenters. The number of rotatable bonds is 0. The van der Waals surface area contributed by atoms with Gasteiger partial charge in [-0.25, -0.2) is 0 Å². The lowest BCUT2D eigenvalue weighted by molar-refractivity contribution is -0.141. The smallest absolute Gasteiger partial charge is 0.227 e. The Morgan fingerprint density at radius 1 is 1.40 bits per heavy atom. The van der Waals surface area contributed by atoms with Crippen LogP contribution in [0.15, 0.2) is 0 Å². The second-order valence-corrected chi connectivity index (χ2v) is 3.75. The minimum atomic E-state index is -0.200. The summed E-state index contributed by atoms with van der Waals surface area (Å²) in [5.41, 5.74) is -0.200. The number of amides is 1. The Hall–Kier alpha value is -0.530. The highest BCUT2D eigenvalue weighted by Crippen LogP contribution is 2.20. The van der Waals surface area contributed by atoms with Crippen molar-refractivity contribution in [3.8, 4) is 0 Å². The Balaban J connectivity index is 2.48. The van der Waals surface area contributed by atoms with Gasteiger partial charge in [0, 0.05) is 24.9 Å². The van der Waals surface area contributed by atoms with Crippen molar-refractivity contribution in [1.29, 1.82) is 0 Å². The van der Waals surface area contributed by atoms with E-state index in [9.17, 15) is 4.79 Å². The van der Waals surface area contributed by atoms with E-state index in [0.717, 1.165) is 13.1 Å². The van der Waals surface area contributed by atoms with Crippen LogP contribution in [0.1, 0.15) is 20.8 Å². The van der Waals surface area contributed by atoms with Gasteiger partial charge in [-0.05, 0) is 0 Å². The first-order valence-corrected chi connectivity index (χ1v) is 3.63. The van der Waals surface area contributed by atoms with Crippen LogP contribution < -0.4 is 0 Å². The monoisotopic (exact) mass is 140 g/mol. The molecule has 0 aliphatic carbocycles. The molecule has 10 heavy (non-hydrogen) atoms. The largest absolute Gasteiger partial charge is 0.342 e. The third-order valence-electron chi connectivity index (χ3n) is 1.63. The molecule has 1 heterocycles. The van der Waals surface area contributed by atoms with Gasteiger partial charge in [0.25, 0.3) is 0 Å². The van der Waals surface area contributed by atoms with Crippen molar-refractivity contribution in [1.82, 2.24) is 4.90 Å². The Morgan fingerprint density at radius 3 is 2.00 bits per heavy atom. The summed E-state index contributed by atoms with van der Waals surface area (Å²) < 4.78 is 0. The summed E-state index contributed by atoms with van der Waals surface area (Å²) in [6.07, 6.45) is 2.10. The van der Waals surface area contributed by atoms with E-state index in [1.54, 1.807) is 0 Å². The van der Waals surface area contributed by atoms with Gasteiger partial charge in [-0.3, -0.25) is 4.79 Å². The summed E-state index contributed by atoms with van der Waals surface area (Å²) in [6.45, 7) is 7.54. The van der Waals surface area contributed by atoms with E-state index in [1.165, 1.54) is 0 Å². The van der Waals surface area contributed by atoms with Crippen LogP contribution in [0.25, 0.3) is 0 Å². The van der Waals surface area contributed by atoms with Gasteiger partial charge >= 0.3 is 0 Å². The van der Waals surface area contributed by atoms with E-state index in [2.05, 4.69) is 6.42 Å². The van der Waals surface area contributed by atoms with Crippen LogP contribution in [-0.4, -0.2) is 23.9 Å². The van der Waals surface area contributed by atoms with Crippen molar-refractivity contribution in [3.05, 3.63) is 6.42 Å². The standard InChI is InChI=1S/C8H14NO/c1-8(2,3)7(10)9-5-4-6-9/h4H,5-6H2,1-3H3. The van der Waals surface area contributed by atoms with Crippen molar-refractivity contribution in [2.75, 3.05) is 13.1 Å². The Kier molecular flexibility index (Phi) is 1.71. The van der Waals surface area contributed by atoms with Crippen LogP contribution in [0.4, 0.5) is 0 Å². The molecule has 1 radical (unpaired) electrons. The molecule has 0 aromatic rings. The molecule has 0 aromatic heterocycles. The lowest BCUT2D eigenvalue weighted by atomic mass is 9.93. The SMILES string of the molecule is CC(C)(C)C(=O)N1C[CH]C1. The van der Waals surface area contributed by atoms with Crippen molar-refractivity contribution >= 4 is 5.91 Å². The van der Waals surface area contributed by atoms with Crippen LogP contribution >= 0.6 is 0 Å². The maximum absolute atomic E-state index is 11.4. The second-order valence-electron chi connectivity index (χ2n) is 3.75. The molecule has 57 valence electrons. The molecule has 2 nitrogen and oxygen atoms in total. The number of hydrogen-bond acceptors (Lipinski definition) is 1. The fourth-order valence-corrected chi connectivity index (χ4v) is 0.898. The first-order chi connectivity index (χ1) is 4.52. The maximum Gasteiger partial charge on any atom is 0.227 e. The van der Waals surface area contributed by atoms with Crippen molar-refractivity contribution in [2.45, 2.75) is 20.8 Å².